The maximum atomic E-state index is 12.4. The van der Waals surface area contributed by atoms with Gasteiger partial charge in [-0.3, -0.25) is 0 Å². The van der Waals surface area contributed by atoms with Gasteiger partial charge in [0.05, 0.1) is 11.3 Å². The summed E-state index contributed by atoms with van der Waals surface area (Å²) in [5, 5.41) is 12.4. The summed E-state index contributed by atoms with van der Waals surface area (Å²) >= 11 is 0. The minimum Gasteiger partial charge on any atom is -0.475 e. The lowest BCUT2D eigenvalue weighted by atomic mass is 10.2. The summed E-state index contributed by atoms with van der Waals surface area (Å²) in [7, 11) is 0. The Bertz CT molecular complexity index is 617. The fraction of sp³-hybridized carbons (Fsp3) is 0.182. The number of alkyl halides is 3. The zero-order valence-electron chi connectivity index (χ0n) is 9.64. The number of hydrogen-bond acceptors (Lipinski definition) is 3. The van der Waals surface area contributed by atoms with Gasteiger partial charge in [0.15, 0.2) is 0 Å². The van der Waals surface area contributed by atoms with Crippen molar-refractivity contribution in [1.29, 1.82) is 0 Å². The van der Waals surface area contributed by atoms with Crippen molar-refractivity contribution in [2.75, 3.05) is 0 Å². The van der Waals surface area contributed by atoms with Crippen LogP contribution in [0, 0.1) is 6.92 Å². The van der Waals surface area contributed by atoms with Crippen molar-refractivity contribution in [2.45, 2.75) is 13.1 Å². The van der Waals surface area contributed by atoms with E-state index in [4.69, 9.17) is 5.11 Å². The van der Waals surface area contributed by atoms with E-state index in [1.54, 1.807) is 0 Å². The van der Waals surface area contributed by atoms with Crippen LogP contribution in [0.4, 0.5) is 13.2 Å². The molecular weight excluding hydrogens is 263 g/mol. The van der Waals surface area contributed by atoms with E-state index in [2.05, 4.69) is 10.1 Å². The summed E-state index contributed by atoms with van der Waals surface area (Å²) in [5.74, 6) is -1.43. The Morgan fingerprint density at radius 3 is 2.26 bits per heavy atom. The van der Waals surface area contributed by atoms with Crippen LogP contribution in [-0.2, 0) is 6.18 Å². The molecule has 100 valence electrons. The van der Waals surface area contributed by atoms with Crippen molar-refractivity contribution >= 4 is 5.97 Å². The average molecular weight is 271 g/mol. The molecule has 0 spiro atoms. The zero-order chi connectivity index (χ0) is 14.2. The van der Waals surface area contributed by atoms with Gasteiger partial charge in [-0.05, 0) is 31.2 Å². The number of carboxylic acids is 1. The van der Waals surface area contributed by atoms with E-state index in [1.807, 2.05) is 0 Å². The lowest BCUT2D eigenvalue weighted by Crippen LogP contribution is -2.06. The Labute approximate surface area is 105 Å². The van der Waals surface area contributed by atoms with Gasteiger partial charge in [-0.25, -0.2) is 14.5 Å². The van der Waals surface area contributed by atoms with E-state index < -0.39 is 23.5 Å². The Balaban J connectivity index is 2.40. The highest BCUT2D eigenvalue weighted by Crippen LogP contribution is 2.29. The summed E-state index contributed by atoms with van der Waals surface area (Å²) in [4.78, 5) is 14.4. The predicted octanol–water partition coefficient (Wildman–Crippen LogP) is 2.29. The Kier molecular flexibility index (Phi) is 3.01. The number of rotatable bonds is 2. The molecule has 0 aliphatic carbocycles. The van der Waals surface area contributed by atoms with Crippen LogP contribution in [0.3, 0.4) is 0 Å². The van der Waals surface area contributed by atoms with Crippen LogP contribution in [0.2, 0.25) is 0 Å². The van der Waals surface area contributed by atoms with E-state index >= 15 is 0 Å². The van der Waals surface area contributed by atoms with Crippen molar-refractivity contribution in [2.24, 2.45) is 0 Å². The largest absolute Gasteiger partial charge is 0.475 e. The molecule has 2 aromatic rings. The van der Waals surface area contributed by atoms with Gasteiger partial charge in [-0.1, -0.05) is 0 Å². The van der Waals surface area contributed by atoms with E-state index in [0.29, 0.717) is 5.69 Å². The van der Waals surface area contributed by atoms with Crippen LogP contribution in [-0.4, -0.2) is 25.8 Å². The molecule has 8 heteroatoms. The van der Waals surface area contributed by atoms with E-state index in [1.165, 1.54) is 23.7 Å². The molecule has 0 bridgehead atoms. The normalized spacial score (nSPS) is 11.6. The van der Waals surface area contributed by atoms with Crippen molar-refractivity contribution in [3.05, 3.63) is 41.5 Å². The molecule has 1 heterocycles. The number of nitrogens with zero attached hydrogens (tertiary/aromatic N) is 3. The molecule has 1 N–H and O–H groups in total. The van der Waals surface area contributed by atoms with Gasteiger partial charge in [0, 0.05) is 0 Å². The van der Waals surface area contributed by atoms with Crippen molar-refractivity contribution in [3.8, 4) is 5.69 Å². The fourth-order valence-electron chi connectivity index (χ4n) is 1.52. The highest BCUT2D eigenvalue weighted by atomic mass is 19.4. The number of halogens is 3. The summed E-state index contributed by atoms with van der Waals surface area (Å²) in [6.07, 6.45) is -4.41. The summed E-state index contributed by atoms with van der Waals surface area (Å²) < 4.78 is 38.4. The molecule has 0 fully saturated rings. The second kappa shape index (κ2) is 4.38. The molecule has 0 amide bonds. The first kappa shape index (κ1) is 13.1. The number of benzene rings is 1. The lowest BCUT2D eigenvalue weighted by molar-refractivity contribution is -0.137. The van der Waals surface area contributed by atoms with Crippen LogP contribution < -0.4 is 0 Å². The molecule has 19 heavy (non-hydrogen) atoms. The topological polar surface area (TPSA) is 68.0 Å². The lowest BCUT2D eigenvalue weighted by Gasteiger charge is -2.07. The zero-order valence-corrected chi connectivity index (χ0v) is 9.64. The van der Waals surface area contributed by atoms with Crippen LogP contribution in [0.5, 0.6) is 0 Å². The molecule has 1 aromatic carbocycles. The maximum absolute atomic E-state index is 12.4. The minimum absolute atomic E-state index is 0.275. The third kappa shape index (κ3) is 2.56. The van der Waals surface area contributed by atoms with Gasteiger partial charge in [0.25, 0.3) is 5.82 Å². The predicted molar refractivity (Wildman–Crippen MR) is 58.1 cm³/mol. The highest BCUT2D eigenvalue weighted by Gasteiger charge is 2.30. The van der Waals surface area contributed by atoms with Gasteiger partial charge in [0.2, 0.25) is 0 Å². The minimum atomic E-state index is -4.41. The van der Waals surface area contributed by atoms with Crippen molar-refractivity contribution in [1.82, 2.24) is 14.8 Å². The van der Waals surface area contributed by atoms with Gasteiger partial charge < -0.3 is 5.11 Å². The summed E-state index contributed by atoms with van der Waals surface area (Å²) in [6.45, 7) is 1.51. The quantitative estimate of drug-likeness (QED) is 0.909. The fourth-order valence-corrected chi connectivity index (χ4v) is 1.52. The second-order valence-corrected chi connectivity index (χ2v) is 3.74. The average Bonchev–Trinajstić information content (AvgIpc) is 2.70. The number of aryl methyl sites for hydroxylation is 1. The first-order chi connectivity index (χ1) is 8.79. The van der Waals surface area contributed by atoms with Crippen molar-refractivity contribution < 1.29 is 23.1 Å². The number of carbonyl (C=O) groups is 1. The molecule has 0 radical (unpaired) electrons. The number of aromatic nitrogens is 3. The van der Waals surface area contributed by atoms with Crippen molar-refractivity contribution in [3.63, 3.8) is 0 Å². The van der Waals surface area contributed by atoms with Crippen LogP contribution >= 0.6 is 0 Å². The van der Waals surface area contributed by atoms with Gasteiger partial charge >= 0.3 is 12.1 Å². The maximum Gasteiger partial charge on any atom is 0.416 e. The first-order valence-electron chi connectivity index (χ1n) is 5.13. The van der Waals surface area contributed by atoms with Crippen LogP contribution in [0.25, 0.3) is 5.69 Å². The molecule has 1 aromatic heterocycles. The monoisotopic (exact) mass is 271 g/mol. The SMILES string of the molecule is Cc1nc(C(=O)O)nn1-c1ccc(C(F)(F)F)cc1. The van der Waals surface area contributed by atoms with Gasteiger partial charge in [0.1, 0.15) is 5.82 Å². The third-order valence-electron chi connectivity index (χ3n) is 2.40. The standard InChI is InChI=1S/C11H8F3N3O2/c1-6-15-9(10(18)19)16-17(6)8-4-2-7(3-5-8)11(12,13)14/h2-5H,1H3,(H,18,19). The third-order valence-corrected chi connectivity index (χ3v) is 2.40. The van der Waals surface area contributed by atoms with Gasteiger partial charge in [-0.2, -0.15) is 13.2 Å². The van der Waals surface area contributed by atoms with Crippen LogP contribution in [0.15, 0.2) is 24.3 Å². The van der Waals surface area contributed by atoms with Crippen LogP contribution in [0.1, 0.15) is 22.0 Å². The highest BCUT2D eigenvalue weighted by molar-refractivity contribution is 5.83. The molecule has 0 atom stereocenters. The Morgan fingerprint density at radius 1 is 1.26 bits per heavy atom. The molecule has 0 aliphatic heterocycles. The Hall–Kier alpha value is -2.38. The molecule has 2 rings (SSSR count). The molecule has 0 saturated heterocycles. The number of carboxylic acid groups (broad SMARTS) is 1. The number of aromatic carboxylic acids is 1. The van der Waals surface area contributed by atoms with E-state index in [0.717, 1.165) is 12.1 Å². The second-order valence-electron chi connectivity index (χ2n) is 3.74. The first-order valence-corrected chi connectivity index (χ1v) is 5.13. The Morgan fingerprint density at radius 2 is 1.84 bits per heavy atom. The smallest absolute Gasteiger partial charge is 0.416 e. The molecule has 5 nitrogen and oxygen atoms in total. The molecule has 0 saturated carbocycles. The van der Waals surface area contributed by atoms with E-state index in [-0.39, 0.29) is 5.82 Å². The van der Waals surface area contributed by atoms with E-state index in [9.17, 15) is 18.0 Å². The molecule has 0 aliphatic rings. The summed E-state index contributed by atoms with van der Waals surface area (Å²) in [6, 6.07) is 4.21. The molecule has 0 unspecified atom stereocenters. The summed E-state index contributed by atoms with van der Waals surface area (Å²) in [5.41, 5.74) is -0.474. The van der Waals surface area contributed by atoms with Gasteiger partial charge in [-0.15, -0.1) is 5.10 Å². The number of hydrogen-bond donors (Lipinski definition) is 1. The molecular formula is C11H8F3N3O2.